The van der Waals surface area contributed by atoms with Gasteiger partial charge in [-0.15, -0.1) is 0 Å². The van der Waals surface area contributed by atoms with Crippen LogP contribution in [0.2, 0.25) is 0 Å². The highest BCUT2D eigenvalue weighted by atomic mass is 79.9. The topological polar surface area (TPSA) is 24.1 Å². The van der Waals surface area contributed by atoms with Gasteiger partial charge in [0.25, 0.3) is 0 Å². The third-order valence-corrected chi connectivity index (χ3v) is 4.40. The van der Waals surface area contributed by atoms with Gasteiger partial charge in [0.1, 0.15) is 0 Å². The van der Waals surface area contributed by atoms with E-state index >= 15 is 0 Å². The van der Waals surface area contributed by atoms with Crippen LogP contribution < -0.4 is 10.6 Å². The molecule has 0 bridgehead atoms. The second kappa shape index (κ2) is 5.83. The largest absolute Gasteiger partial charge is 0.360 e. The minimum absolute atomic E-state index is 0.554. The lowest BCUT2D eigenvalue weighted by molar-refractivity contribution is 0.634. The van der Waals surface area contributed by atoms with Crippen LogP contribution in [-0.4, -0.2) is 11.2 Å². The fourth-order valence-electron chi connectivity index (χ4n) is 2.16. The zero-order valence-electron chi connectivity index (χ0n) is 9.92. The number of rotatable bonds is 2. The number of hydrogen-bond acceptors (Lipinski definition) is 1. The van der Waals surface area contributed by atoms with Crippen LogP contribution in [0.3, 0.4) is 0 Å². The minimum Gasteiger partial charge on any atom is -0.360 e. The normalized spacial score (nSPS) is 15.9. The lowest BCUT2D eigenvalue weighted by Crippen LogP contribution is -2.36. The molecule has 17 heavy (non-hydrogen) atoms. The van der Waals surface area contributed by atoms with Gasteiger partial charge in [0, 0.05) is 10.5 Å². The number of hydrogen-bond donors (Lipinski definition) is 2. The number of anilines is 1. The molecule has 0 aromatic heterocycles. The van der Waals surface area contributed by atoms with E-state index in [1.165, 1.54) is 31.2 Å². The molecule has 0 saturated heterocycles. The van der Waals surface area contributed by atoms with Crippen LogP contribution in [0.5, 0.6) is 0 Å². The molecule has 1 aromatic rings. The summed E-state index contributed by atoms with van der Waals surface area (Å²) in [4.78, 5) is 0. The summed E-state index contributed by atoms with van der Waals surface area (Å²) in [7, 11) is 0. The lowest BCUT2D eigenvalue weighted by Gasteiger charge is -2.17. The van der Waals surface area contributed by atoms with Gasteiger partial charge >= 0.3 is 0 Å². The molecular formula is C13H17BrN2S. The molecular weight excluding hydrogens is 296 g/mol. The molecule has 1 aliphatic rings. The van der Waals surface area contributed by atoms with Crippen molar-refractivity contribution in [3.05, 3.63) is 28.2 Å². The smallest absolute Gasteiger partial charge is 0.171 e. The molecule has 0 radical (unpaired) electrons. The van der Waals surface area contributed by atoms with Crippen LogP contribution in [0.25, 0.3) is 0 Å². The zero-order chi connectivity index (χ0) is 12.3. The zero-order valence-corrected chi connectivity index (χ0v) is 12.3. The van der Waals surface area contributed by atoms with Gasteiger partial charge in [-0.3, -0.25) is 0 Å². The monoisotopic (exact) mass is 312 g/mol. The van der Waals surface area contributed by atoms with Gasteiger partial charge in [-0.2, -0.15) is 0 Å². The van der Waals surface area contributed by atoms with E-state index in [9.17, 15) is 0 Å². The standard InChI is InChI=1S/C13H17BrN2S/c1-9-5-4-8-11(12(9)14)16-13(17)15-10-6-2-3-7-10/h4-5,8,10H,2-3,6-7H2,1H3,(H2,15,16,17). The van der Waals surface area contributed by atoms with Crippen molar-refractivity contribution in [2.75, 3.05) is 5.32 Å². The predicted molar refractivity (Wildman–Crippen MR) is 80.5 cm³/mol. The molecule has 4 heteroatoms. The van der Waals surface area contributed by atoms with E-state index in [2.05, 4.69) is 39.6 Å². The van der Waals surface area contributed by atoms with Crippen molar-refractivity contribution >= 4 is 38.9 Å². The van der Waals surface area contributed by atoms with Gasteiger partial charge in [-0.25, -0.2) is 0 Å². The van der Waals surface area contributed by atoms with Crippen LogP contribution in [0, 0.1) is 6.92 Å². The summed E-state index contributed by atoms with van der Waals surface area (Å²) >= 11 is 8.90. The second-order valence-corrected chi connectivity index (χ2v) is 5.72. The maximum Gasteiger partial charge on any atom is 0.171 e. The van der Waals surface area contributed by atoms with Crippen LogP contribution in [0.1, 0.15) is 31.2 Å². The summed E-state index contributed by atoms with van der Waals surface area (Å²) in [5, 5.41) is 7.35. The van der Waals surface area contributed by atoms with Gasteiger partial charge in [0.2, 0.25) is 0 Å². The summed E-state index contributed by atoms with van der Waals surface area (Å²) in [5.41, 5.74) is 2.24. The average molecular weight is 313 g/mol. The number of thiocarbonyl (C=S) groups is 1. The second-order valence-electron chi connectivity index (χ2n) is 4.52. The molecule has 0 atom stereocenters. The fourth-order valence-corrected chi connectivity index (χ4v) is 2.80. The van der Waals surface area contributed by atoms with E-state index < -0.39 is 0 Å². The first-order chi connectivity index (χ1) is 8.16. The quantitative estimate of drug-likeness (QED) is 0.808. The molecule has 1 aliphatic carbocycles. The van der Waals surface area contributed by atoms with Gasteiger partial charge in [-0.05, 0) is 59.5 Å². The predicted octanol–water partition coefficient (Wildman–Crippen LogP) is 3.99. The molecule has 2 nitrogen and oxygen atoms in total. The summed E-state index contributed by atoms with van der Waals surface area (Å²) < 4.78 is 1.08. The number of aryl methyl sites for hydroxylation is 1. The van der Waals surface area contributed by atoms with Crippen molar-refractivity contribution in [3.63, 3.8) is 0 Å². The summed E-state index contributed by atoms with van der Waals surface area (Å²) in [6.07, 6.45) is 5.09. The Hall–Kier alpha value is -0.610. The van der Waals surface area contributed by atoms with Crippen molar-refractivity contribution in [2.24, 2.45) is 0 Å². The van der Waals surface area contributed by atoms with E-state index in [0.717, 1.165) is 15.3 Å². The summed E-state index contributed by atoms with van der Waals surface area (Å²) in [5.74, 6) is 0. The molecule has 0 amide bonds. The van der Waals surface area contributed by atoms with Crippen molar-refractivity contribution in [1.82, 2.24) is 5.32 Å². The molecule has 1 saturated carbocycles. The molecule has 0 aliphatic heterocycles. The van der Waals surface area contributed by atoms with Gasteiger partial charge in [-0.1, -0.05) is 25.0 Å². The average Bonchev–Trinajstić information content (AvgIpc) is 2.77. The van der Waals surface area contributed by atoms with E-state index in [1.807, 2.05) is 12.1 Å². The van der Waals surface area contributed by atoms with Gasteiger partial charge < -0.3 is 10.6 Å². The summed E-state index contributed by atoms with van der Waals surface area (Å²) in [6, 6.07) is 6.68. The maximum atomic E-state index is 5.33. The highest BCUT2D eigenvalue weighted by Crippen LogP contribution is 2.25. The van der Waals surface area contributed by atoms with E-state index in [4.69, 9.17) is 12.2 Å². The van der Waals surface area contributed by atoms with Crippen LogP contribution in [0.15, 0.2) is 22.7 Å². The van der Waals surface area contributed by atoms with Crippen LogP contribution in [-0.2, 0) is 0 Å². The molecule has 2 rings (SSSR count). The Morgan fingerprint density at radius 3 is 2.76 bits per heavy atom. The maximum absolute atomic E-state index is 5.33. The summed E-state index contributed by atoms with van der Waals surface area (Å²) in [6.45, 7) is 2.07. The highest BCUT2D eigenvalue weighted by Gasteiger charge is 2.15. The first kappa shape index (κ1) is 12.8. The molecule has 1 aromatic carbocycles. The van der Waals surface area contributed by atoms with Gasteiger partial charge in [0.05, 0.1) is 5.69 Å². The lowest BCUT2D eigenvalue weighted by atomic mass is 10.2. The Balaban J connectivity index is 1.95. The number of benzene rings is 1. The van der Waals surface area contributed by atoms with E-state index in [-0.39, 0.29) is 0 Å². The molecule has 0 unspecified atom stereocenters. The number of halogens is 1. The Labute approximate surface area is 116 Å². The van der Waals surface area contributed by atoms with Crippen molar-refractivity contribution in [2.45, 2.75) is 38.6 Å². The third kappa shape index (κ3) is 3.42. The third-order valence-electron chi connectivity index (χ3n) is 3.13. The molecule has 0 spiro atoms. The Morgan fingerprint density at radius 2 is 2.06 bits per heavy atom. The van der Waals surface area contributed by atoms with Crippen molar-refractivity contribution in [3.8, 4) is 0 Å². The van der Waals surface area contributed by atoms with E-state index in [0.29, 0.717) is 6.04 Å². The Bertz CT molecular complexity index is 414. The SMILES string of the molecule is Cc1cccc(NC(=S)NC2CCCC2)c1Br. The van der Waals surface area contributed by atoms with Crippen molar-refractivity contribution < 1.29 is 0 Å². The molecule has 0 heterocycles. The number of nitrogens with one attached hydrogen (secondary N) is 2. The van der Waals surface area contributed by atoms with Crippen LogP contribution in [0.4, 0.5) is 5.69 Å². The van der Waals surface area contributed by atoms with E-state index in [1.54, 1.807) is 0 Å². The first-order valence-electron chi connectivity index (χ1n) is 5.99. The van der Waals surface area contributed by atoms with Gasteiger partial charge in [0.15, 0.2) is 5.11 Å². The Kier molecular flexibility index (Phi) is 4.40. The molecule has 2 N–H and O–H groups in total. The molecule has 92 valence electrons. The van der Waals surface area contributed by atoms with Crippen LogP contribution >= 0.6 is 28.1 Å². The minimum atomic E-state index is 0.554. The fraction of sp³-hybridized carbons (Fsp3) is 0.462. The first-order valence-corrected chi connectivity index (χ1v) is 7.19. The highest BCUT2D eigenvalue weighted by molar-refractivity contribution is 9.10. The molecule has 1 fully saturated rings. The van der Waals surface area contributed by atoms with Crippen molar-refractivity contribution in [1.29, 1.82) is 0 Å². The Morgan fingerprint density at radius 1 is 1.35 bits per heavy atom.